The molecular weight excluding hydrogens is 356 g/mol. The van der Waals surface area contributed by atoms with Gasteiger partial charge in [-0.2, -0.15) is 0 Å². The van der Waals surface area contributed by atoms with Gasteiger partial charge in [0.2, 0.25) is 0 Å². The summed E-state index contributed by atoms with van der Waals surface area (Å²) >= 11 is 0. The van der Waals surface area contributed by atoms with Crippen LogP contribution in [-0.2, 0) is 22.5 Å². The summed E-state index contributed by atoms with van der Waals surface area (Å²) in [7, 11) is 0. The number of carbonyl (C=O) groups is 2. The topological polar surface area (TPSA) is 86.1 Å². The van der Waals surface area contributed by atoms with E-state index >= 15 is 0 Å². The molecule has 7 nitrogen and oxygen atoms in total. The normalized spacial score (nSPS) is 11.9. The van der Waals surface area contributed by atoms with Crippen molar-refractivity contribution in [2.24, 2.45) is 0 Å². The minimum atomic E-state index is -0.556. The van der Waals surface area contributed by atoms with Crippen LogP contribution in [0.5, 0.6) is 0 Å². The number of amides is 1. The average molecular weight is 380 g/mol. The minimum absolute atomic E-state index is 0.00755. The molecule has 0 bridgehead atoms. The standard InChI is InChI=1S/C21H24N4O3/c1-3-25-19-12-11-17(13-18(19)23-24-25)21(27)28-14-20(26)22-15(2)9-10-16-7-5-4-6-8-16/h4-8,11-13,15H,3,9-10,14H2,1-2H3,(H,22,26). The maximum absolute atomic E-state index is 12.2. The van der Waals surface area contributed by atoms with Crippen molar-refractivity contribution in [3.8, 4) is 0 Å². The van der Waals surface area contributed by atoms with E-state index in [2.05, 4.69) is 27.8 Å². The minimum Gasteiger partial charge on any atom is -0.452 e. The molecule has 0 radical (unpaired) electrons. The monoisotopic (exact) mass is 380 g/mol. The van der Waals surface area contributed by atoms with Crippen LogP contribution in [0.4, 0.5) is 0 Å². The van der Waals surface area contributed by atoms with Crippen LogP contribution < -0.4 is 5.32 Å². The number of aromatic nitrogens is 3. The summed E-state index contributed by atoms with van der Waals surface area (Å²) in [5, 5.41) is 10.9. The fourth-order valence-corrected chi connectivity index (χ4v) is 2.96. The third-order valence-corrected chi connectivity index (χ3v) is 4.50. The van der Waals surface area contributed by atoms with E-state index in [1.165, 1.54) is 5.56 Å². The first-order chi connectivity index (χ1) is 13.6. The number of ether oxygens (including phenoxy) is 1. The van der Waals surface area contributed by atoms with Gasteiger partial charge in [-0.25, -0.2) is 9.48 Å². The van der Waals surface area contributed by atoms with Gasteiger partial charge in [-0.05, 0) is 50.5 Å². The highest BCUT2D eigenvalue weighted by Crippen LogP contribution is 2.14. The zero-order chi connectivity index (χ0) is 19.9. The van der Waals surface area contributed by atoms with Crippen molar-refractivity contribution in [2.45, 2.75) is 39.3 Å². The molecule has 1 N–H and O–H groups in total. The van der Waals surface area contributed by atoms with Gasteiger partial charge >= 0.3 is 5.97 Å². The molecule has 1 aromatic heterocycles. The van der Waals surface area contributed by atoms with Gasteiger partial charge in [0, 0.05) is 12.6 Å². The summed E-state index contributed by atoms with van der Waals surface area (Å²) in [6, 6.07) is 15.1. The van der Waals surface area contributed by atoms with E-state index in [1.807, 2.05) is 32.0 Å². The van der Waals surface area contributed by atoms with Crippen LogP contribution in [0, 0.1) is 0 Å². The molecule has 3 rings (SSSR count). The van der Waals surface area contributed by atoms with E-state index < -0.39 is 5.97 Å². The molecule has 7 heteroatoms. The third kappa shape index (κ3) is 4.94. The fraction of sp³-hybridized carbons (Fsp3) is 0.333. The van der Waals surface area contributed by atoms with E-state index in [9.17, 15) is 9.59 Å². The van der Waals surface area contributed by atoms with E-state index in [4.69, 9.17) is 4.74 Å². The first kappa shape index (κ1) is 19.5. The first-order valence-corrected chi connectivity index (χ1v) is 9.40. The van der Waals surface area contributed by atoms with Gasteiger partial charge in [0.1, 0.15) is 5.52 Å². The predicted octanol–water partition coefficient (Wildman–Crippen LogP) is 2.75. The summed E-state index contributed by atoms with van der Waals surface area (Å²) in [4.78, 5) is 24.2. The Morgan fingerprint density at radius 1 is 1.18 bits per heavy atom. The lowest BCUT2D eigenvalue weighted by atomic mass is 10.1. The largest absolute Gasteiger partial charge is 0.452 e. The predicted molar refractivity (Wildman–Crippen MR) is 106 cm³/mol. The third-order valence-electron chi connectivity index (χ3n) is 4.50. The molecule has 1 heterocycles. The molecule has 0 aliphatic carbocycles. The highest BCUT2D eigenvalue weighted by molar-refractivity contribution is 5.94. The highest BCUT2D eigenvalue weighted by Gasteiger charge is 2.14. The average Bonchev–Trinajstić information content (AvgIpc) is 3.13. The maximum Gasteiger partial charge on any atom is 0.338 e. The molecule has 0 aliphatic rings. The Morgan fingerprint density at radius 3 is 2.71 bits per heavy atom. The molecule has 0 saturated carbocycles. The second kappa shape index (κ2) is 9.12. The zero-order valence-corrected chi connectivity index (χ0v) is 16.1. The molecule has 0 fully saturated rings. The van der Waals surface area contributed by atoms with Gasteiger partial charge in [-0.1, -0.05) is 35.5 Å². The number of hydrogen-bond acceptors (Lipinski definition) is 5. The lowest BCUT2D eigenvalue weighted by Crippen LogP contribution is -2.36. The molecule has 1 atom stereocenters. The van der Waals surface area contributed by atoms with Crippen molar-refractivity contribution in [3.05, 3.63) is 59.7 Å². The zero-order valence-electron chi connectivity index (χ0n) is 16.1. The van der Waals surface area contributed by atoms with Crippen LogP contribution in [0.3, 0.4) is 0 Å². The Bertz CT molecular complexity index is 953. The van der Waals surface area contributed by atoms with Gasteiger partial charge in [-0.15, -0.1) is 5.10 Å². The lowest BCUT2D eigenvalue weighted by Gasteiger charge is -2.14. The fourth-order valence-electron chi connectivity index (χ4n) is 2.96. The number of aryl methyl sites for hydroxylation is 2. The van der Waals surface area contributed by atoms with Gasteiger partial charge in [0.15, 0.2) is 6.61 Å². The van der Waals surface area contributed by atoms with E-state index in [0.717, 1.165) is 18.4 Å². The van der Waals surface area contributed by atoms with Crippen LogP contribution >= 0.6 is 0 Å². The lowest BCUT2D eigenvalue weighted by molar-refractivity contribution is -0.124. The Kier molecular flexibility index (Phi) is 6.37. The quantitative estimate of drug-likeness (QED) is 0.607. The van der Waals surface area contributed by atoms with Crippen molar-refractivity contribution in [2.75, 3.05) is 6.61 Å². The number of nitrogens with one attached hydrogen (secondary N) is 1. The molecule has 1 unspecified atom stereocenters. The summed E-state index contributed by atoms with van der Waals surface area (Å²) in [6.45, 7) is 4.29. The molecule has 28 heavy (non-hydrogen) atoms. The van der Waals surface area contributed by atoms with Crippen molar-refractivity contribution in [1.82, 2.24) is 20.3 Å². The molecule has 2 aromatic carbocycles. The molecule has 0 saturated heterocycles. The Hall–Kier alpha value is -3.22. The van der Waals surface area contributed by atoms with Gasteiger partial charge < -0.3 is 10.1 Å². The second-order valence-corrected chi connectivity index (χ2v) is 6.68. The van der Waals surface area contributed by atoms with Gasteiger partial charge in [-0.3, -0.25) is 4.79 Å². The maximum atomic E-state index is 12.2. The molecular formula is C21H24N4O3. The number of hydrogen-bond donors (Lipinski definition) is 1. The Balaban J connectivity index is 1.46. The van der Waals surface area contributed by atoms with Gasteiger partial charge in [0.05, 0.1) is 11.1 Å². The molecule has 146 valence electrons. The SMILES string of the molecule is CCn1nnc2cc(C(=O)OCC(=O)NC(C)CCc3ccccc3)ccc21. The summed E-state index contributed by atoms with van der Waals surface area (Å²) in [6.07, 6.45) is 1.69. The van der Waals surface area contributed by atoms with E-state index in [-0.39, 0.29) is 18.6 Å². The van der Waals surface area contributed by atoms with Crippen LogP contribution in [0.25, 0.3) is 11.0 Å². The summed E-state index contributed by atoms with van der Waals surface area (Å²) < 4.78 is 6.87. The van der Waals surface area contributed by atoms with Gasteiger partial charge in [0.25, 0.3) is 5.91 Å². The van der Waals surface area contributed by atoms with Crippen molar-refractivity contribution < 1.29 is 14.3 Å². The number of fused-ring (bicyclic) bond motifs is 1. The van der Waals surface area contributed by atoms with E-state index in [0.29, 0.717) is 17.6 Å². The van der Waals surface area contributed by atoms with Crippen molar-refractivity contribution in [3.63, 3.8) is 0 Å². The molecule has 0 spiro atoms. The summed E-state index contributed by atoms with van der Waals surface area (Å²) in [5.74, 6) is -0.869. The number of esters is 1. The number of benzene rings is 2. The second-order valence-electron chi connectivity index (χ2n) is 6.68. The molecule has 0 aliphatic heterocycles. The van der Waals surface area contributed by atoms with E-state index in [1.54, 1.807) is 22.9 Å². The van der Waals surface area contributed by atoms with Crippen LogP contribution in [0.15, 0.2) is 48.5 Å². The molecule has 3 aromatic rings. The first-order valence-electron chi connectivity index (χ1n) is 9.40. The number of nitrogens with zero attached hydrogens (tertiary/aromatic N) is 3. The number of rotatable bonds is 8. The van der Waals surface area contributed by atoms with Crippen LogP contribution in [-0.4, -0.2) is 39.5 Å². The molecule has 1 amide bonds. The van der Waals surface area contributed by atoms with Crippen LogP contribution in [0.2, 0.25) is 0 Å². The van der Waals surface area contributed by atoms with Crippen molar-refractivity contribution in [1.29, 1.82) is 0 Å². The Morgan fingerprint density at radius 2 is 1.96 bits per heavy atom. The van der Waals surface area contributed by atoms with Crippen LogP contribution in [0.1, 0.15) is 36.2 Å². The number of carbonyl (C=O) groups excluding carboxylic acids is 2. The summed E-state index contributed by atoms with van der Waals surface area (Å²) in [5.41, 5.74) is 3.05. The smallest absolute Gasteiger partial charge is 0.338 e. The highest BCUT2D eigenvalue weighted by atomic mass is 16.5. The Labute approximate surface area is 163 Å². The van der Waals surface area contributed by atoms with Crippen molar-refractivity contribution >= 4 is 22.9 Å².